The van der Waals surface area contributed by atoms with E-state index < -0.39 is 10.0 Å². The summed E-state index contributed by atoms with van der Waals surface area (Å²) in [7, 11) is -2.17. The third kappa shape index (κ3) is 5.17. The van der Waals surface area contributed by atoms with Crippen LogP contribution in [0.5, 0.6) is 0 Å². The molecular weight excluding hydrogens is 378 g/mol. The van der Waals surface area contributed by atoms with E-state index in [4.69, 9.17) is 10.5 Å². The number of benzene rings is 1. The lowest BCUT2D eigenvalue weighted by Gasteiger charge is -2.23. The molecule has 0 aromatic heterocycles. The number of methoxy groups -OCH3 is 1. The van der Waals surface area contributed by atoms with Gasteiger partial charge in [-0.1, -0.05) is 13.0 Å². The highest BCUT2D eigenvalue weighted by Gasteiger charge is 2.35. The Kier molecular flexibility index (Phi) is 8.04. The molecule has 0 bridgehead atoms. The van der Waals surface area contributed by atoms with Gasteiger partial charge in [-0.05, 0) is 43.0 Å². The van der Waals surface area contributed by atoms with Gasteiger partial charge in [0.2, 0.25) is 10.0 Å². The number of carbonyl (C=O) groups excluding carboxylic acids is 1. The molecule has 1 fully saturated rings. The van der Waals surface area contributed by atoms with E-state index in [-0.39, 0.29) is 41.8 Å². The van der Waals surface area contributed by atoms with Crippen molar-refractivity contribution >= 4 is 28.3 Å². The second-order valence-corrected chi connectivity index (χ2v) is 8.63. The van der Waals surface area contributed by atoms with E-state index in [1.807, 2.05) is 0 Å². The van der Waals surface area contributed by atoms with Crippen LogP contribution >= 0.6 is 12.4 Å². The zero-order valence-corrected chi connectivity index (χ0v) is 17.1. The second-order valence-electron chi connectivity index (χ2n) is 6.86. The molecule has 1 aromatic rings. The van der Waals surface area contributed by atoms with Gasteiger partial charge in [0.25, 0.3) is 5.91 Å². The number of hydrogen-bond acceptors (Lipinski definition) is 5. The summed E-state index contributed by atoms with van der Waals surface area (Å²) >= 11 is 0. The molecule has 7 nitrogen and oxygen atoms in total. The van der Waals surface area contributed by atoms with Crippen LogP contribution in [-0.2, 0) is 14.8 Å². The Bertz CT molecular complexity index is 742. The van der Waals surface area contributed by atoms with Crippen LogP contribution in [0.4, 0.5) is 0 Å². The summed E-state index contributed by atoms with van der Waals surface area (Å²) in [6, 6.07) is 4.62. The molecule has 26 heavy (non-hydrogen) atoms. The van der Waals surface area contributed by atoms with E-state index in [1.54, 1.807) is 17.9 Å². The number of hydrogen-bond donors (Lipinski definition) is 2. The third-order valence-electron chi connectivity index (χ3n) is 4.69. The van der Waals surface area contributed by atoms with Crippen molar-refractivity contribution in [2.45, 2.75) is 25.2 Å². The number of nitrogens with zero attached hydrogens (tertiary/aromatic N) is 1. The van der Waals surface area contributed by atoms with Crippen LogP contribution in [0.3, 0.4) is 0 Å². The van der Waals surface area contributed by atoms with Crippen LogP contribution in [0.15, 0.2) is 23.1 Å². The smallest absolute Gasteiger partial charge is 0.254 e. The highest BCUT2D eigenvalue weighted by atomic mass is 35.5. The standard InChI is InChI=1S/C17H27N3O4S.ClH/c1-13-4-5-14(25(22,23)19-7-9-24-3)10-15(13)16(21)20-8-6-17(2,11-18)12-20;/h4-5,10,19H,6-9,11-12,18H2,1-3H3;1H. The van der Waals surface area contributed by atoms with Gasteiger partial charge >= 0.3 is 0 Å². The highest BCUT2D eigenvalue weighted by molar-refractivity contribution is 7.89. The van der Waals surface area contributed by atoms with Crippen molar-refractivity contribution in [2.24, 2.45) is 11.1 Å². The van der Waals surface area contributed by atoms with Crippen molar-refractivity contribution in [1.82, 2.24) is 9.62 Å². The first kappa shape index (κ1) is 22.9. The fraction of sp³-hybridized carbons (Fsp3) is 0.588. The first-order valence-corrected chi connectivity index (χ1v) is 9.79. The average molecular weight is 406 g/mol. The Morgan fingerprint density at radius 1 is 1.42 bits per heavy atom. The minimum absolute atomic E-state index is 0. The van der Waals surface area contributed by atoms with E-state index >= 15 is 0 Å². The maximum Gasteiger partial charge on any atom is 0.254 e. The number of halogens is 1. The van der Waals surface area contributed by atoms with Crippen molar-refractivity contribution in [3.8, 4) is 0 Å². The van der Waals surface area contributed by atoms with E-state index in [9.17, 15) is 13.2 Å². The number of amides is 1. The van der Waals surface area contributed by atoms with Gasteiger partial charge in [-0.25, -0.2) is 13.1 Å². The first-order chi connectivity index (χ1) is 11.7. The molecule has 1 atom stereocenters. The molecule has 148 valence electrons. The second kappa shape index (κ2) is 9.14. The van der Waals surface area contributed by atoms with Crippen molar-refractivity contribution in [1.29, 1.82) is 0 Å². The molecular formula is C17H28ClN3O4S. The largest absolute Gasteiger partial charge is 0.383 e. The van der Waals surface area contributed by atoms with Crippen molar-refractivity contribution in [2.75, 3.05) is 39.9 Å². The van der Waals surface area contributed by atoms with Crippen molar-refractivity contribution in [3.63, 3.8) is 0 Å². The topological polar surface area (TPSA) is 102 Å². The van der Waals surface area contributed by atoms with E-state index in [0.29, 0.717) is 25.2 Å². The molecule has 9 heteroatoms. The van der Waals surface area contributed by atoms with Crippen LogP contribution in [0.1, 0.15) is 29.3 Å². The number of nitrogens with one attached hydrogen (secondary N) is 1. The van der Waals surface area contributed by atoms with Crippen LogP contribution in [0.2, 0.25) is 0 Å². The van der Waals surface area contributed by atoms with Crippen LogP contribution in [0, 0.1) is 12.3 Å². The zero-order chi connectivity index (χ0) is 18.7. The highest BCUT2D eigenvalue weighted by Crippen LogP contribution is 2.30. The number of ether oxygens (including phenoxy) is 1. The van der Waals surface area contributed by atoms with Gasteiger partial charge in [0.15, 0.2) is 0 Å². The lowest BCUT2D eigenvalue weighted by molar-refractivity contribution is 0.0776. The Labute approximate surface area is 161 Å². The predicted octanol–water partition coefficient (Wildman–Crippen LogP) is 1.15. The Morgan fingerprint density at radius 3 is 2.69 bits per heavy atom. The minimum atomic E-state index is -3.68. The molecule has 1 amide bonds. The third-order valence-corrected chi connectivity index (χ3v) is 6.14. The summed E-state index contributed by atoms with van der Waals surface area (Å²) in [4.78, 5) is 14.7. The van der Waals surface area contributed by atoms with E-state index in [1.165, 1.54) is 19.2 Å². The first-order valence-electron chi connectivity index (χ1n) is 8.31. The number of rotatable bonds is 7. The van der Waals surface area contributed by atoms with Gasteiger partial charge in [-0.3, -0.25) is 4.79 Å². The molecule has 0 radical (unpaired) electrons. The summed E-state index contributed by atoms with van der Waals surface area (Å²) in [5, 5.41) is 0. The molecule has 0 saturated carbocycles. The van der Waals surface area contributed by atoms with Crippen LogP contribution < -0.4 is 10.5 Å². The fourth-order valence-corrected chi connectivity index (χ4v) is 3.93. The number of aryl methyl sites for hydroxylation is 1. The molecule has 1 aliphatic heterocycles. The van der Waals surface area contributed by atoms with Gasteiger partial charge in [-0.2, -0.15) is 0 Å². The Balaban J connectivity index is 0.00000338. The molecule has 1 aromatic carbocycles. The summed E-state index contributed by atoms with van der Waals surface area (Å²) in [6.07, 6.45) is 0.852. The summed E-state index contributed by atoms with van der Waals surface area (Å²) in [5.41, 5.74) is 6.89. The minimum Gasteiger partial charge on any atom is -0.383 e. The zero-order valence-electron chi connectivity index (χ0n) is 15.4. The Morgan fingerprint density at radius 2 is 2.12 bits per heavy atom. The van der Waals surface area contributed by atoms with Crippen molar-refractivity contribution < 1.29 is 17.9 Å². The molecule has 0 spiro atoms. The SMILES string of the molecule is COCCNS(=O)(=O)c1ccc(C)c(C(=O)N2CCC(C)(CN)C2)c1.Cl. The van der Waals surface area contributed by atoms with E-state index in [2.05, 4.69) is 11.6 Å². The summed E-state index contributed by atoms with van der Waals surface area (Å²) < 4.78 is 32.0. The number of sulfonamides is 1. The van der Waals surface area contributed by atoms with Crippen molar-refractivity contribution in [3.05, 3.63) is 29.3 Å². The maximum absolute atomic E-state index is 12.9. The fourth-order valence-electron chi connectivity index (χ4n) is 2.89. The van der Waals surface area contributed by atoms with Gasteiger partial charge in [-0.15, -0.1) is 12.4 Å². The predicted molar refractivity (Wildman–Crippen MR) is 103 cm³/mol. The molecule has 0 aliphatic carbocycles. The van der Waals surface area contributed by atoms with Gasteiger partial charge in [0.05, 0.1) is 11.5 Å². The lowest BCUT2D eigenvalue weighted by atomic mass is 9.90. The number of nitrogens with two attached hydrogens (primary N) is 1. The summed E-state index contributed by atoms with van der Waals surface area (Å²) in [6.45, 7) is 6.07. The van der Waals surface area contributed by atoms with Gasteiger partial charge in [0, 0.05) is 32.3 Å². The number of likely N-dealkylation sites (tertiary alicyclic amines) is 1. The average Bonchev–Trinajstić information content (AvgIpc) is 2.98. The van der Waals surface area contributed by atoms with Crippen LogP contribution in [0.25, 0.3) is 0 Å². The molecule has 1 saturated heterocycles. The molecule has 2 rings (SSSR count). The quantitative estimate of drug-likeness (QED) is 0.662. The van der Waals surface area contributed by atoms with Gasteiger partial charge in [0.1, 0.15) is 0 Å². The summed E-state index contributed by atoms with van der Waals surface area (Å²) in [5.74, 6) is -0.149. The lowest BCUT2D eigenvalue weighted by Crippen LogP contribution is -2.35. The molecule has 1 aliphatic rings. The maximum atomic E-state index is 12.9. The molecule has 1 unspecified atom stereocenters. The van der Waals surface area contributed by atoms with Gasteiger partial charge < -0.3 is 15.4 Å². The Hall–Kier alpha value is -1.19. The molecule has 1 heterocycles. The number of carbonyl (C=O) groups is 1. The normalized spacial score (nSPS) is 20.1. The monoisotopic (exact) mass is 405 g/mol. The van der Waals surface area contributed by atoms with Crippen LogP contribution in [-0.4, -0.2) is 59.1 Å². The van der Waals surface area contributed by atoms with E-state index in [0.717, 1.165) is 12.0 Å². The molecule has 3 N–H and O–H groups in total.